The molecule has 1 heterocycles. The Balaban J connectivity index is 2.00. The molecule has 0 spiro atoms. The number of rotatable bonds is 5. The van der Waals surface area contributed by atoms with E-state index >= 15 is 0 Å². The quantitative estimate of drug-likeness (QED) is 0.850. The van der Waals surface area contributed by atoms with Crippen LogP contribution in [0, 0.1) is 5.92 Å². The van der Waals surface area contributed by atoms with Crippen LogP contribution in [0.1, 0.15) is 58.2 Å². The Bertz CT molecular complexity index is 354. The van der Waals surface area contributed by atoms with E-state index in [1.165, 1.54) is 18.5 Å². The summed E-state index contributed by atoms with van der Waals surface area (Å²) >= 11 is 0. The first-order valence-electron chi connectivity index (χ1n) is 6.86. The zero-order valence-electron chi connectivity index (χ0n) is 11.5. The normalized spacial score (nSPS) is 24.4. The Hall–Kier alpha value is -0.830. The minimum atomic E-state index is 0.472. The summed E-state index contributed by atoms with van der Waals surface area (Å²) in [6, 6.07) is 3.26. The molecule has 0 aromatic carbocycles. The van der Waals surface area contributed by atoms with Crippen LogP contribution in [0.5, 0.6) is 0 Å². The van der Waals surface area contributed by atoms with Crippen LogP contribution in [-0.2, 0) is 0 Å². The summed E-state index contributed by atoms with van der Waals surface area (Å²) in [6.45, 7) is 9.98. The van der Waals surface area contributed by atoms with Crippen molar-refractivity contribution in [1.82, 2.24) is 15.1 Å². The Morgan fingerprint density at radius 2 is 2.12 bits per heavy atom. The summed E-state index contributed by atoms with van der Waals surface area (Å²) in [6.07, 6.45) is 4.62. The van der Waals surface area contributed by atoms with Crippen molar-refractivity contribution >= 4 is 0 Å². The molecular formula is C14H25N3. The van der Waals surface area contributed by atoms with Gasteiger partial charge in [0.15, 0.2) is 0 Å². The third kappa shape index (κ3) is 2.71. The second-order valence-electron chi connectivity index (χ2n) is 5.80. The fraction of sp³-hybridized carbons (Fsp3) is 0.786. The molecule has 0 saturated heterocycles. The molecule has 1 aromatic heterocycles. The third-order valence-corrected chi connectivity index (χ3v) is 3.78. The number of nitrogens with zero attached hydrogens (tertiary/aromatic N) is 2. The number of hydrogen-bond acceptors (Lipinski definition) is 2. The van der Waals surface area contributed by atoms with E-state index in [0.717, 1.165) is 12.5 Å². The highest BCUT2D eigenvalue weighted by Crippen LogP contribution is 2.42. The fourth-order valence-electron chi connectivity index (χ4n) is 2.64. The van der Waals surface area contributed by atoms with Crippen molar-refractivity contribution in [3.8, 4) is 0 Å². The van der Waals surface area contributed by atoms with Crippen molar-refractivity contribution in [1.29, 1.82) is 0 Å². The predicted octanol–water partition coefficient (Wildman–Crippen LogP) is 2.96. The van der Waals surface area contributed by atoms with Gasteiger partial charge in [0, 0.05) is 29.9 Å². The Morgan fingerprint density at radius 1 is 1.35 bits per heavy atom. The van der Waals surface area contributed by atoms with Gasteiger partial charge in [-0.3, -0.25) is 4.68 Å². The monoisotopic (exact) mass is 235 g/mol. The molecule has 1 fully saturated rings. The van der Waals surface area contributed by atoms with E-state index in [-0.39, 0.29) is 0 Å². The third-order valence-electron chi connectivity index (χ3n) is 3.78. The zero-order chi connectivity index (χ0) is 12.4. The molecule has 3 nitrogen and oxygen atoms in total. The van der Waals surface area contributed by atoms with Crippen molar-refractivity contribution in [3.63, 3.8) is 0 Å². The van der Waals surface area contributed by atoms with Gasteiger partial charge in [0.25, 0.3) is 0 Å². The SMILES string of the molecule is CC(C)NCC1CCC1c1ccnn1C(C)C. The largest absolute Gasteiger partial charge is 0.314 e. The van der Waals surface area contributed by atoms with E-state index < -0.39 is 0 Å². The van der Waals surface area contributed by atoms with E-state index in [9.17, 15) is 0 Å². The van der Waals surface area contributed by atoms with E-state index in [1.54, 1.807) is 0 Å². The molecule has 17 heavy (non-hydrogen) atoms. The van der Waals surface area contributed by atoms with Gasteiger partial charge in [0.2, 0.25) is 0 Å². The maximum Gasteiger partial charge on any atom is 0.0492 e. The minimum absolute atomic E-state index is 0.472. The van der Waals surface area contributed by atoms with Crippen molar-refractivity contribution in [2.75, 3.05) is 6.54 Å². The highest BCUT2D eigenvalue weighted by atomic mass is 15.3. The van der Waals surface area contributed by atoms with Crippen molar-refractivity contribution < 1.29 is 0 Å². The smallest absolute Gasteiger partial charge is 0.0492 e. The molecule has 2 rings (SSSR count). The lowest BCUT2D eigenvalue weighted by molar-refractivity contribution is 0.226. The van der Waals surface area contributed by atoms with Gasteiger partial charge in [-0.1, -0.05) is 13.8 Å². The molecule has 96 valence electrons. The lowest BCUT2D eigenvalue weighted by atomic mass is 9.71. The average Bonchev–Trinajstić information content (AvgIpc) is 2.64. The first kappa shape index (κ1) is 12.6. The second kappa shape index (κ2) is 5.21. The molecular weight excluding hydrogens is 210 g/mol. The Labute approximate surface area is 105 Å². The number of nitrogens with one attached hydrogen (secondary N) is 1. The van der Waals surface area contributed by atoms with Gasteiger partial charge in [-0.15, -0.1) is 0 Å². The van der Waals surface area contributed by atoms with Crippen LogP contribution in [-0.4, -0.2) is 22.4 Å². The van der Waals surface area contributed by atoms with Gasteiger partial charge >= 0.3 is 0 Å². The van der Waals surface area contributed by atoms with Crippen LogP contribution < -0.4 is 5.32 Å². The minimum Gasteiger partial charge on any atom is -0.314 e. The summed E-state index contributed by atoms with van der Waals surface area (Å²) in [5, 5.41) is 8.00. The van der Waals surface area contributed by atoms with Crippen molar-refractivity contribution in [2.24, 2.45) is 5.92 Å². The first-order chi connectivity index (χ1) is 8.09. The van der Waals surface area contributed by atoms with E-state index in [2.05, 4.69) is 48.9 Å². The Kier molecular flexibility index (Phi) is 3.87. The molecule has 1 N–H and O–H groups in total. The highest BCUT2D eigenvalue weighted by Gasteiger charge is 2.34. The molecule has 0 bridgehead atoms. The summed E-state index contributed by atoms with van der Waals surface area (Å²) in [4.78, 5) is 0. The van der Waals surface area contributed by atoms with Gasteiger partial charge in [0.05, 0.1) is 0 Å². The maximum absolute atomic E-state index is 4.44. The molecule has 0 amide bonds. The molecule has 2 unspecified atom stereocenters. The molecule has 1 aliphatic rings. The summed E-state index contributed by atoms with van der Waals surface area (Å²) in [5.74, 6) is 1.51. The fourth-order valence-corrected chi connectivity index (χ4v) is 2.64. The summed E-state index contributed by atoms with van der Waals surface area (Å²) in [5.41, 5.74) is 1.43. The lowest BCUT2D eigenvalue weighted by Crippen LogP contribution is -2.37. The van der Waals surface area contributed by atoms with Crippen molar-refractivity contribution in [2.45, 2.75) is 58.5 Å². The van der Waals surface area contributed by atoms with Gasteiger partial charge in [-0.05, 0) is 45.2 Å². The summed E-state index contributed by atoms with van der Waals surface area (Å²) in [7, 11) is 0. The molecule has 1 aliphatic carbocycles. The predicted molar refractivity (Wildman–Crippen MR) is 71.2 cm³/mol. The second-order valence-corrected chi connectivity index (χ2v) is 5.80. The van der Waals surface area contributed by atoms with Crippen molar-refractivity contribution in [3.05, 3.63) is 18.0 Å². The average molecular weight is 235 g/mol. The van der Waals surface area contributed by atoms with Crippen LogP contribution in [0.3, 0.4) is 0 Å². The van der Waals surface area contributed by atoms with Crippen LogP contribution in [0.4, 0.5) is 0 Å². The molecule has 1 aromatic rings. The van der Waals surface area contributed by atoms with Crippen LogP contribution in [0.2, 0.25) is 0 Å². The van der Waals surface area contributed by atoms with Gasteiger partial charge in [-0.2, -0.15) is 5.10 Å². The lowest BCUT2D eigenvalue weighted by Gasteiger charge is -2.38. The van der Waals surface area contributed by atoms with E-state index in [1.807, 2.05) is 6.20 Å². The molecule has 0 radical (unpaired) electrons. The standard InChI is InChI=1S/C14H25N3/c1-10(2)15-9-12-5-6-13(12)14-7-8-16-17(14)11(3)4/h7-8,10-13,15H,5-6,9H2,1-4H3. The van der Waals surface area contributed by atoms with Crippen LogP contribution >= 0.6 is 0 Å². The zero-order valence-corrected chi connectivity index (χ0v) is 11.5. The first-order valence-corrected chi connectivity index (χ1v) is 6.86. The van der Waals surface area contributed by atoms with E-state index in [0.29, 0.717) is 18.0 Å². The number of aromatic nitrogens is 2. The molecule has 0 aliphatic heterocycles. The van der Waals surface area contributed by atoms with E-state index in [4.69, 9.17) is 0 Å². The maximum atomic E-state index is 4.44. The topological polar surface area (TPSA) is 29.9 Å². The molecule has 3 heteroatoms. The number of hydrogen-bond donors (Lipinski definition) is 1. The van der Waals surface area contributed by atoms with Crippen LogP contribution in [0.15, 0.2) is 12.3 Å². The highest BCUT2D eigenvalue weighted by molar-refractivity contribution is 5.14. The molecule has 2 atom stereocenters. The van der Waals surface area contributed by atoms with Crippen LogP contribution in [0.25, 0.3) is 0 Å². The summed E-state index contributed by atoms with van der Waals surface area (Å²) < 4.78 is 2.19. The molecule has 1 saturated carbocycles. The van der Waals surface area contributed by atoms with Gasteiger partial charge < -0.3 is 5.32 Å². The van der Waals surface area contributed by atoms with Gasteiger partial charge in [-0.25, -0.2) is 0 Å². The van der Waals surface area contributed by atoms with Gasteiger partial charge in [0.1, 0.15) is 0 Å². The Morgan fingerprint density at radius 3 is 2.65 bits per heavy atom.